The molecule has 19 heavy (non-hydrogen) atoms. The van der Waals surface area contributed by atoms with Gasteiger partial charge in [0, 0.05) is 18.6 Å². The van der Waals surface area contributed by atoms with E-state index in [4.69, 9.17) is 10.4 Å². The van der Waals surface area contributed by atoms with Crippen molar-refractivity contribution < 1.29 is 9.90 Å². The Hall–Kier alpha value is -1.86. The Bertz CT molecular complexity index is 449. The van der Waals surface area contributed by atoms with E-state index in [0.29, 0.717) is 13.0 Å². The number of aliphatic hydroxyl groups excluding tert-OH is 1. The lowest BCUT2D eigenvalue weighted by atomic mass is 9.94. The number of nitrogens with one attached hydrogen (secondary N) is 1. The van der Waals surface area contributed by atoms with Crippen LogP contribution in [-0.2, 0) is 11.2 Å². The molecule has 1 aromatic rings. The van der Waals surface area contributed by atoms with Crippen molar-refractivity contribution in [1.29, 1.82) is 5.26 Å². The van der Waals surface area contributed by atoms with Crippen LogP contribution in [0, 0.1) is 22.7 Å². The Kier molecular flexibility index (Phi) is 5.53. The van der Waals surface area contributed by atoms with Crippen molar-refractivity contribution in [2.75, 3.05) is 13.2 Å². The van der Waals surface area contributed by atoms with Crippen LogP contribution in [0.4, 0.5) is 0 Å². The minimum atomic E-state index is -0.697. The number of aliphatic hydroxyl groups is 1. The van der Waals surface area contributed by atoms with Gasteiger partial charge in [-0.1, -0.05) is 44.2 Å². The maximum atomic E-state index is 11.9. The number of nitrogens with zero attached hydrogens (tertiary/aromatic N) is 1. The fourth-order valence-corrected chi connectivity index (χ4v) is 1.55. The average molecular weight is 260 g/mol. The monoisotopic (exact) mass is 260 g/mol. The summed E-state index contributed by atoms with van der Waals surface area (Å²) in [6.07, 6.45) is 0.405. The molecule has 0 aliphatic carbocycles. The highest BCUT2D eigenvalue weighted by atomic mass is 16.3. The lowest BCUT2D eigenvalue weighted by Gasteiger charge is -2.22. The Morgan fingerprint density at radius 1 is 1.42 bits per heavy atom. The molecule has 0 heterocycles. The molecule has 4 heteroatoms. The smallest absolute Gasteiger partial charge is 0.237 e. The van der Waals surface area contributed by atoms with Crippen molar-refractivity contribution in [2.24, 2.45) is 11.3 Å². The first-order chi connectivity index (χ1) is 8.98. The molecule has 1 aromatic carbocycles. The molecule has 0 aromatic heterocycles. The van der Waals surface area contributed by atoms with Crippen LogP contribution in [0.2, 0.25) is 0 Å². The number of hydrogen-bond acceptors (Lipinski definition) is 3. The molecule has 1 rings (SSSR count). The Labute approximate surface area is 114 Å². The first kappa shape index (κ1) is 15.2. The zero-order valence-corrected chi connectivity index (χ0v) is 11.4. The summed E-state index contributed by atoms with van der Waals surface area (Å²) in [5.41, 5.74) is 0.591. The minimum absolute atomic E-state index is 0.0107. The van der Waals surface area contributed by atoms with Gasteiger partial charge in [-0.05, 0) is 12.0 Å². The van der Waals surface area contributed by atoms with E-state index in [0.717, 1.165) is 5.56 Å². The van der Waals surface area contributed by atoms with Gasteiger partial charge in [-0.25, -0.2) is 0 Å². The largest absolute Gasteiger partial charge is 0.396 e. The van der Waals surface area contributed by atoms with Gasteiger partial charge in [0.25, 0.3) is 0 Å². The van der Waals surface area contributed by atoms with E-state index in [-0.39, 0.29) is 17.9 Å². The van der Waals surface area contributed by atoms with E-state index in [1.165, 1.54) is 0 Å². The molecule has 0 fully saturated rings. The highest BCUT2D eigenvalue weighted by Crippen LogP contribution is 2.13. The lowest BCUT2D eigenvalue weighted by Crippen LogP contribution is -2.39. The quantitative estimate of drug-likeness (QED) is 0.814. The lowest BCUT2D eigenvalue weighted by molar-refractivity contribution is -0.123. The van der Waals surface area contributed by atoms with Gasteiger partial charge in [-0.15, -0.1) is 0 Å². The van der Waals surface area contributed by atoms with Gasteiger partial charge in [0.1, 0.15) is 5.92 Å². The third kappa shape index (κ3) is 5.11. The molecular formula is C15H20N2O2. The number of benzene rings is 1. The summed E-state index contributed by atoms with van der Waals surface area (Å²) >= 11 is 0. The molecule has 4 nitrogen and oxygen atoms in total. The highest BCUT2D eigenvalue weighted by molar-refractivity contribution is 5.81. The molecule has 0 saturated heterocycles. The van der Waals surface area contributed by atoms with Crippen LogP contribution >= 0.6 is 0 Å². The summed E-state index contributed by atoms with van der Waals surface area (Å²) in [5, 5.41) is 20.9. The maximum absolute atomic E-state index is 11.9. The minimum Gasteiger partial charge on any atom is -0.396 e. The van der Waals surface area contributed by atoms with Gasteiger partial charge in [-0.3, -0.25) is 4.79 Å². The van der Waals surface area contributed by atoms with Gasteiger partial charge >= 0.3 is 0 Å². The molecular weight excluding hydrogens is 240 g/mol. The third-order valence-corrected chi connectivity index (χ3v) is 2.92. The average Bonchev–Trinajstić information content (AvgIpc) is 2.43. The van der Waals surface area contributed by atoms with E-state index in [9.17, 15) is 4.79 Å². The summed E-state index contributed by atoms with van der Waals surface area (Å²) in [7, 11) is 0. The molecule has 0 spiro atoms. The predicted octanol–water partition coefficient (Wildman–Crippen LogP) is 1.50. The van der Waals surface area contributed by atoms with Gasteiger partial charge in [0.2, 0.25) is 5.91 Å². The molecule has 102 valence electrons. The molecule has 0 bridgehead atoms. The van der Waals surface area contributed by atoms with Gasteiger partial charge in [0.15, 0.2) is 0 Å². The van der Waals surface area contributed by atoms with Crippen LogP contribution in [-0.4, -0.2) is 24.2 Å². The fraction of sp³-hybridized carbons (Fsp3) is 0.467. The zero-order chi connectivity index (χ0) is 14.3. The van der Waals surface area contributed by atoms with Crippen molar-refractivity contribution in [3.63, 3.8) is 0 Å². The normalized spacial score (nSPS) is 12.5. The van der Waals surface area contributed by atoms with Crippen LogP contribution in [0.3, 0.4) is 0 Å². The van der Waals surface area contributed by atoms with Crippen molar-refractivity contribution in [2.45, 2.75) is 20.3 Å². The van der Waals surface area contributed by atoms with Crippen LogP contribution in [0.1, 0.15) is 19.4 Å². The number of carbonyl (C=O) groups excluding carboxylic acids is 1. The van der Waals surface area contributed by atoms with Gasteiger partial charge < -0.3 is 10.4 Å². The molecule has 1 atom stereocenters. The van der Waals surface area contributed by atoms with Crippen molar-refractivity contribution in [1.82, 2.24) is 5.32 Å². The van der Waals surface area contributed by atoms with E-state index in [1.807, 2.05) is 50.2 Å². The summed E-state index contributed by atoms with van der Waals surface area (Å²) < 4.78 is 0. The van der Waals surface area contributed by atoms with E-state index in [1.54, 1.807) is 0 Å². The summed E-state index contributed by atoms with van der Waals surface area (Å²) in [4.78, 5) is 11.9. The van der Waals surface area contributed by atoms with E-state index >= 15 is 0 Å². The standard InChI is InChI=1S/C15H20N2O2/c1-15(2,11-18)10-17-14(19)13(9-16)8-12-6-4-3-5-7-12/h3-7,13,18H,8,10-11H2,1-2H3,(H,17,19). The second-order valence-electron chi connectivity index (χ2n) is 5.41. The van der Waals surface area contributed by atoms with E-state index < -0.39 is 5.92 Å². The summed E-state index contributed by atoms with van der Waals surface area (Å²) in [6, 6.07) is 11.5. The van der Waals surface area contributed by atoms with Crippen molar-refractivity contribution in [3.05, 3.63) is 35.9 Å². The summed E-state index contributed by atoms with van der Waals surface area (Å²) in [6.45, 7) is 4.05. The molecule has 2 N–H and O–H groups in total. The topological polar surface area (TPSA) is 73.1 Å². The number of amides is 1. The van der Waals surface area contributed by atoms with Gasteiger partial charge in [0.05, 0.1) is 6.07 Å². The van der Waals surface area contributed by atoms with E-state index in [2.05, 4.69) is 5.32 Å². The molecule has 0 radical (unpaired) electrons. The SMILES string of the molecule is CC(C)(CO)CNC(=O)C(C#N)Cc1ccccc1. The third-order valence-electron chi connectivity index (χ3n) is 2.92. The van der Waals surface area contributed by atoms with Crippen LogP contribution in [0.15, 0.2) is 30.3 Å². The molecule has 1 unspecified atom stereocenters. The first-order valence-electron chi connectivity index (χ1n) is 6.30. The Balaban J connectivity index is 2.56. The number of carbonyl (C=O) groups is 1. The van der Waals surface area contributed by atoms with Gasteiger partial charge in [-0.2, -0.15) is 5.26 Å². The predicted molar refractivity (Wildman–Crippen MR) is 73.1 cm³/mol. The number of hydrogen-bond donors (Lipinski definition) is 2. The molecule has 0 aliphatic rings. The number of rotatable bonds is 6. The zero-order valence-electron chi connectivity index (χ0n) is 11.4. The molecule has 1 amide bonds. The fourth-order valence-electron chi connectivity index (χ4n) is 1.55. The van der Waals surface area contributed by atoms with Crippen molar-refractivity contribution in [3.8, 4) is 6.07 Å². The van der Waals surface area contributed by atoms with Crippen molar-refractivity contribution >= 4 is 5.91 Å². The Morgan fingerprint density at radius 2 is 2.05 bits per heavy atom. The van der Waals surface area contributed by atoms with Crippen LogP contribution < -0.4 is 5.32 Å². The maximum Gasteiger partial charge on any atom is 0.237 e. The molecule has 0 aliphatic heterocycles. The number of nitriles is 1. The van der Waals surface area contributed by atoms with Crippen LogP contribution in [0.25, 0.3) is 0 Å². The second kappa shape index (κ2) is 6.91. The second-order valence-corrected chi connectivity index (χ2v) is 5.41. The summed E-state index contributed by atoms with van der Waals surface area (Å²) in [5.74, 6) is -0.982. The van der Waals surface area contributed by atoms with Crippen LogP contribution in [0.5, 0.6) is 0 Å². The highest BCUT2D eigenvalue weighted by Gasteiger charge is 2.22. The Morgan fingerprint density at radius 3 is 2.58 bits per heavy atom. The first-order valence-corrected chi connectivity index (χ1v) is 6.30. The molecule has 0 saturated carbocycles.